The second kappa shape index (κ2) is 5.75. The Morgan fingerprint density at radius 1 is 1.42 bits per heavy atom. The Labute approximate surface area is 110 Å². The number of likely N-dealkylation sites (tertiary alicyclic amines) is 1. The summed E-state index contributed by atoms with van der Waals surface area (Å²) in [5, 5.41) is 9.60. The van der Waals surface area contributed by atoms with Crippen LogP contribution in [-0.2, 0) is 0 Å². The van der Waals surface area contributed by atoms with Gasteiger partial charge in [0.05, 0.1) is 18.2 Å². The van der Waals surface area contributed by atoms with Crippen molar-refractivity contribution >= 4 is 5.78 Å². The van der Waals surface area contributed by atoms with Crippen molar-refractivity contribution in [2.75, 3.05) is 19.6 Å². The minimum absolute atomic E-state index is 0.0189. The molecule has 5 heteroatoms. The average molecular weight is 269 g/mol. The van der Waals surface area contributed by atoms with E-state index in [0.29, 0.717) is 19.5 Å². The number of carbonyl (C=O) groups excluding carboxylic acids is 1. The summed E-state index contributed by atoms with van der Waals surface area (Å²) >= 11 is 0. The fourth-order valence-corrected chi connectivity index (χ4v) is 2.41. The van der Waals surface area contributed by atoms with Crippen LogP contribution in [0.15, 0.2) is 18.2 Å². The number of piperidine rings is 1. The summed E-state index contributed by atoms with van der Waals surface area (Å²) in [4.78, 5) is 13.8. The first-order valence-electron chi connectivity index (χ1n) is 6.36. The van der Waals surface area contributed by atoms with Crippen LogP contribution < -0.4 is 0 Å². The maximum Gasteiger partial charge on any atom is 0.182 e. The van der Waals surface area contributed by atoms with E-state index in [4.69, 9.17) is 0 Å². The molecule has 3 nitrogen and oxygen atoms in total. The second-order valence-corrected chi connectivity index (χ2v) is 5.09. The van der Waals surface area contributed by atoms with Gasteiger partial charge in [0.25, 0.3) is 0 Å². The third kappa shape index (κ3) is 3.16. The zero-order valence-electron chi connectivity index (χ0n) is 10.8. The number of aliphatic hydroxyl groups excluding tert-OH is 1. The van der Waals surface area contributed by atoms with Gasteiger partial charge in [-0.3, -0.25) is 9.69 Å². The average Bonchev–Trinajstić information content (AvgIpc) is 2.33. The minimum Gasteiger partial charge on any atom is -0.393 e. The van der Waals surface area contributed by atoms with E-state index in [9.17, 15) is 18.7 Å². The molecule has 0 saturated carbocycles. The molecule has 1 aliphatic heterocycles. The molecule has 1 aliphatic rings. The van der Waals surface area contributed by atoms with Crippen LogP contribution in [0.1, 0.15) is 23.7 Å². The molecule has 0 aliphatic carbocycles. The van der Waals surface area contributed by atoms with Gasteiger partial charge in [0.15, 0.2) is 5.78 Å². The standard InChI is InChI=1S/C14H17F2NO2/c1-9-7-17(6-5-12(9)18)8-13(19)14-10(15)3-2-4-11(14)16/h2-4,9,12,18H,5-8H2,1H3. The molecule has 0 radical (unpaired) electrons. The molecule has 1 fully saturated rings. The minimum atomic E-state index is -0.824. The fraction of sp³-hybridized carbons (Fsp3) is 0.500. The van der Waals surface area contributed by atoms with Crippen molar-refractivity contribution in [2.24, 2.45) is 5.92 Å². The van der Waals surface area contributed by atoms with Gasteiger partial charge >= 0.3 is 0 Å². The zero-order chi connectivity index (χ0) is 14.0. The number of hydrogen-bond acceptors (Lipinski definition) is 3. The molecule has 0 spiro atoms. The normalized spacial score (nSPS) is 24.4. The van der Waals surface area contributed by atoms with E-state index in [1.807, 2.05) is 11.8 Å². The van der Waals surface area contributed by atoms with E-state index >= 15 is 0 Å². The summed E-state index contributed by atoms with van der Waals surface area (Å²) in [7, 11) is 0. The van der Waals surface area contributed by atoms with Crippen LogP contribution in [-0.4, -0.2) is 41.5 Å². The molecular formula is C14H17F2NO2. The highest BCUT2D eigenvalue weighted by Gasteiger charge is 2.27. The quantitative estimate of drug-likeness (QED) is 0.851. The van der Waals surface area contributed by atoms with Crippen molar-refractivity contribution in [3.05, 3.63) is 35.4 Å². The molecule has 1 saturated heterocycles. The summed E-state index contributed by atoms with van der Waals surface area (Å²) in [5.74, 6) is -2.14. The maximum absolute atomic E-state index is 13.5. The van der Waals surface area contributed by atoms with Crippen LogP contribution in [0.3, 0.4) is 0 Å². The van der Waals surface area contributed by atoms with E-state index in [0.717, 1.165) is 12.1 Å². The second-order valence-electron chi connectivity index (χ2n) is 5.09. The van der Waals surface area contributed by atoms with Gasteiger partial charge in [0.2, 0.25) is 0 Å². The smallest absolute Gasteiger partial charge is 0.182 e. The van der Waals surface area contributed by atoms with Gasteiger partial charge in [0.1, 0.15) is 11.6 Å². The Hall–Kier alpha value is -1.33. The Bertz CT molecular complexity index is 458. The van der Waals surface area contributed by atoms with Crippen molar-refractivity contribution in [2.45, 2.75) is 19.4 Å². The van der Waals surface area contributed by atoms with Crippen LogP contribution in [0.4, 0.5) is 8.78 Å². The van der Waals surface area contributed by atoms with Gasteiger partial charge < -0.3 is 5.11 Å². The van der Waals surface area contributed by atoms with Crippen LogP contribution >= 0.6 is 0 Å². The SMILES string of the molecule is CC1CN(CC(=O)c2c(F)cccc2F)CCC1O. The Balaban J connectivity index is 2.06. The number of benzene rings is 1. The highest BCUT2D eigenvalue weighted by Crippen LogP contribution is 2.18. The number of nitrogens with zero attached hydrogens (tertiary/aromatic N) is 1. The maximum atomic E-state index is 13.5. The predicted octanol–water partition coefficient (Wildman–Crippen LogP) is 1.85. The molecule has 0 bridgehead atoms. The van der Waals surface area contributed by atoms with Crippen molar-refractivity contribution in [1.82, 2.24) is 4.90 Å². The molecular weight excluding hydrogens is 252 g/mol. The Kier molecular flexibility index (Phi) is 4.27. The van der Waals surface area contributed by atoms with Crippen molar-refractivity contribution in [3.8, 4) is 0 Å². The number of ketones is 1. The van der Waals surface area contributed by atoms with Gasteiger partial charge in [-0.15, -0.1) is 0 Å². The van der Waals surface area contributed by atoms with Crippen LogP contribution in [0.2, 0.25) is 0 Å². The van der Waals surface area contributed by atoms with E-state index in [-0.39, 0.29) is 18.6 Å². The molecule has 1 aromatic carbocycles. The lowest BCUT2D eigenvalue weighted by Gasteiger charge is -2.33. The Morgan fingerprint density at radius 3 is 2.63 bits per heavy atom. The van der Waals surface area contributed by atoms with Crippen LogP contribution in [0, 0.1) is 17.6 Å². The van der Waals surface area contributed by atoms with E-state index in [1.165, 1.54) is 6.07 Å². The number of rotatable bonds is 3. The predicted molar refractivity (Wildman–Crippen MR) is 66.9 cm³/mol. The fourth-order valence-electron chi connectivity index (χ4n) is 2.41. The zero-order valence-corrected chi connectivity index (χ0v) is 10.8. The first-order valence-corrected chi connectivity index (χ1v) is 6.36. The van der Waals surface area contributed by atoms with E-state index in [1.54, 1.807) is 0 Å². The number of aliphatic hydroxyl groups is 1. The first-order chi connectivity index (χ1) is 8.99. The molecule has 2 rings (SSSR count). The van der Waals surface area contributed by atoms with Crippen molar-refractivity contribution in [1.29, 1.82) is 0 Å². The third-order valence-corrected chi connectivity index (χ3v) is 3.55. The molecule has 1 heterocycles. The van der Waals surface area contributed by atoms with Gasteiger partial charge in [-0.25, -0.2) is 8.78 Å². The molecule has 1 aromatic rings. The molecule has 0 aromatic heterocycles. The molecule has 2 atom stereocenters. The lowest BCUT2D eigenvalue weighted by atomic mass is 9.96. The summed E-state index contributed by atoms with van der Waals surface area (Å²) in [6, 6.07) is 3.40. The molecule has 1 N–H and O–H groups in total. The number of carbonyl (C=O) groups is 1. The number of Topliss-reactive ketones (excluding diaryl/α,β-unsaturated/α-hetero) is 1. The first kappa shape index (κ1) is 14.1. The van der Waals surface area contributed by atoms with Gasteiger partial charge in [-0.1, -0.05) is 13.0 Å². The van der Waals surface area contributed by atoms with Crippen molar-refractivity contribution < 1.29 is 18.7 Å². The van der Waals surface area contributed by atoms with E-state index < -0.39 is 23.0 Å². The molecule has 0 amide bonds. The summed E-state index contributed by atoms with van der Waals surface area (Å²) < 4.78 is 26.9. The molecule has 19 heavy (non-hydrogen) atoms. The van der Waals surface area contributed by atoms with Crippen LogP contribution in [0.5, 0.6) is 0 Å². The summed E-state index contributed by atoms with van der Waals surface area (Å²) in [5.41, 5.74) is -0.471. The molecule has 104 valence electrons. The summed E-state index contributed by atoms with van der Waals surface area (Å²) in [6.07, 6.45) is 0.213. The number of hydrogen-bond donors (Lipinski definition) is 1. The van der Waals surface area contributed by atoms with Crippen molar-refractivity contribution in [3.63, 3.8) is 0 Å². The monoisotopic (exact) mass is 269 g/mol. The lowest BCUT2D eigenvalue weighted by Crippen LogP contribution is -2.44. The molecule has 2 unspecified atom stereocenters. The largest absolute Gasteiger partial charge is 0.393 e. The highest BCUT2D eigenvalue weighted by atomic mass is 19.1. The van der Waals surface area contributed by atoms with Gasteiger partial charge in [0, 0.05) is 13.1 Å². The van der Waals surface area contributed by atoms with E-state index in [2.05, 4.69) is 0 Å². The van der Waals surface area contributed by atoms with Crippen LogP contribution in [0.25, 0.3) is 0 Å². The summed E-state index contributed by atoms with van der Waals surface area (Å²) in [6.45, 7) is 3.00. The lowest BCUT2D eigenvalue weighted by molar-refractivity contribution is 0.0342. The highest BCUT2D eigenvalue weighted by molar-refractivity contribution is 5.98. The Morgan fingerprint density at radius 2 is 2.05 bits per heavy atom. The number of halogens is 2. The van der Waals surface area contributed by atoms with Gasteiger partial charge in [-0.05, 0) is 24.5 Å². The topological polar surface area (TPSA) is 40.5 Å². The van der Waals surface area contributed by atoms with Gasteiger partial charge in [-0.2, -0.15) is 0 Å². The third-order valence-electron chi connectivity index (χ3n) is 3.55.